The van der Waals surface area contributed by atoms with Gasteiger partial charge in [-0.3, -0.25) is 4.79 Å². The van der Waals surface area contributed by atoms with Gasteiger partial charge in [0.1, 0.15) is 11.7 Å². The minimum atomic E-state index is -1.10. The van der Waals surface area contributed by atoms with Crippen LogP contribution in [0, 0.1) is 12.8 Å². The summed E-state index contributed by atoms with van der Waals surface area (Å²) in [4.78, 5) is 41.7. The second-order valence-electron chi connectivity index (χ2n) is 11.2. The highest BCUT2D eigenvalue weighted by atomic mass is 17.4. The number of rotatable bonds is 5. The van der Waals surface area contributed by atoms with Crippen LogP contribution in [-0.2, 0) is 19.3 Å². The quantitative estimate of drug-likeness (QED) is 0.297. The predicted octanol–water partition coefficient (Wildman–Crippen LogP) is 4.59. The number of nitrogens with one attached hydrogen (secondary N) is 1. The SMILES string of the molecule is C=CC1=C(C)C2=NC1=CC1=C(C)C3=C(O)[C@H](C(=O)OC)C(=C4N=C(C=c5[nH]c(c(C=C)c5C)=C2)C(C)=C4/C=C/C2OO2)C3=N1. The number of methoxy groups -OCH3 is 1. The Morgan fingerprint density at radius 1 is 0.955 bits per heavy atom. The number of fused-ring (bicyclic) bond motifs is 5. The molecule has 220 valence electrons. The van der Waals surface area contributed by atoms with Crippen molar-refractivity contribution in [2.45, 2.75) is 34.0 Å². The van der Waals surface area contributed by atoms with Crippen molar-refractivity contribution in [1.82, 2.24) is 4.98 Å². The number of esters is 1. The number of aliphatic hydroxyl groups is 1. The smallest absolute Gasteiger partial charge is 0.321 e. The number of allylic oxidation sites excluding steroid dienone is 7. The summed E-state index contributed by atoms with van der Waals surface area (Å²) in [5.74, 6) is -1.82. The maximum absolute atomic E-state index is 13.3. The lowest BCUT2D eigenvalue weighted by molar-refractivity contribution is -0.143. The first kappa shape index (κ1) is 27.7. The van der Waals surface area contributed by atoms with Crippen LogP contribution in [0.25, 0.3) is 18.2 Å². The molecular formula is C35H30N4O5. The topological polar surface area (TPSA) is 124 Å². The minimum absolute atomic E-state index is 0.118. The van der Waals surface area contributed by atoms with Crippen molar-refractivity contribution >= 4 is 41.3 Å². The molecule has 1 aliphatic carbocycles. The Balaban J connectivity index is 1.60. The van der Waals surface area contributed by atoms with Crippen LogP contribution in [0.1, 0.15) is 31.9 Å². The Hall–Kier alpha value is -5.12. The van der Waals surface area contributed by atoms with Crippen LogP contribution < -0.4 is 10.7 Å². The fourth-order valence-electron chi connectivity index (χ4n) is 6.32. The van der Waals surface area contributed by atoms with E-state index in [-0.39, 0.29) is 5.76 Å². The van der Waals surface area contributed by atoms with E-state index in [1.807, 2.05) is 58.1 Å². The van der Waals surface area contributed by atoms with Crippen molar-refractivity contribution in [1.29, 1.82) is 0 Å². The summed E-state index contributed by atoms with van der Waals surface area (Å²) in [5.41, 5.74) is 10.9. The van der Waals surface area contributed by atoms with E-state index in [0.29, 0.717) is 39.7 Å². The summed E-state index contributed by atoms with van der Waals surface area (Å²) >= 11 is 0. The zero-order valence-corrected chi connectivity index (χ0v) is 25.0. The van der Waals surface area contributed by atoms with E-state index in [9.17, 15) is 9.90 Å². The van der Waals surface area contributed by atoms with Crippen molar-refractivity contribution in [3.63, 3.8) is 0 Å². The van der Waals surface area contributed by atoms with E-state index >= 15 is 0 Å². The summed E-state index contributed by atoms with van der Waals surface area (Å²) in [6.45, 7) is 16.0. The monoisotopic (exact) mass is 586 g/mol. The number of nitrogens with zero attached hydrogens (tertiary/aromatic N) is 3. The molecule has 0 unspecified atom stereocenters. The fraction of sp³-hybridized carbons (Fsp3) is 0.200. The zero-order valence-electron chi connectivity index (χ0n) is 25.0. The first-order valence-corrected chi connectivity index (χ1v) is 14.2. The van der Waals surface area contributed by atoms with E-state index < -0.39 is 18.2 Å². The van der Waals surface area contributed by atoms with Gasteiger partial charge >= 0.3 is 5.97 Å². The summed E-state index contributed by atoms with van der Waals surface area (Å²) in [6, 6.07) is 0. The van der Waals surface area contributed by atoms with Crippen LogP contribution in [-0.4, -0.2) is 46.6 Å². The highest BCUT2D eigenvalue weighted by Gasteiger charge is 2.47. The lowest BCUT2D eigenvalue weighted by Crippen LogP contribution is -2.20. The number of H-pyrrole nitrogens is 1. The van der Waals surface area contributed by atoms with E-state index in [4.69, 9.17) is 29.5 Å². The standard InChI is InChI=1S/C35H30N4O5/c1-8-19-15(3)22-12-24-17(5)21(10-11-28-43-44-28)32(38-24)30-31(35(41)42-7)34(40)29-18(6)25(39-33(29)30)14-27-20(9-2)16(4)23(37-27)13-26(19)36-22/h8-14,28,31,36,40H,1-2H2,3-7H3/b11-10+,22-12?,26-13?,27-14?,32-30?/t31-/m1/s1. The molecule has 0 radical (unpaired) electrons. The maximum atomic E-state index is 13.3. The lowest BCUT2D eigenvalue weighted by atomic mass is 9.93. The van der Waals surface area contributed by atoms with Gasteiger partial charge in [-0.2, -0.15) is 9.78 Å². The van der Waals surface area contributed by atoms with E-state index in [0.717, 1.165) is 55.4 Å². The molecule has 1 atom stereocenters. The van der Waals surface area contributed by atoms with Gasteiger partial charge in [0.15, 0.2) is 0 Å². The average molecular weight is 587 g/mol. The first-order valence-electron chi connectivity index (χ1n) is 14.2. The number of aliphatic hydroxyl groups excluding tert-OH is 1. The van der Waals surface area contributed by atoms with Crippen molar-refractivity contribution in [3.8, 4) is 0 Å². The Bertz CT molecular complexity index is 2090. The molecule has 6 aliphatic rings. The third-order valence-electron chi connectivity index (χ3n) is 8.81. The summed E-state index contributed by atoms with van der Waals surface area (Å²) in [5, 5.41) is 13.3. The molecule has 0 saturated carbocycles. The molecule has 8 bridgehead atoms. The average Bonchev–Trinajstić information content (AvgIpc) is 3.37. The summed E-state index contributed by atoms with van der Waals surface area (Å²) < 4.78 is 5.18. The van der Waals surface area contributed by atoms with Crippen molar-refractivity contribution in [3.05, 3.63) is 121 Å². The van der Waals surface area contributed by atoms with Gasteiger partial charge in [0.05, 0.1) is 41.3 Å². The third kappa shape index (κ3) is 4.00. The molecule has 1 aromatic rings. The molecule has 44 heavy (non-hydrogen) atoms. The molecule has 9 heteroatoms. The first-order chi connectivity index (χ1) is 21.2. The molecule has 6 heterocycles. The van der Waals surface area contributed by atoms with Gasteiger partial charge in [0.2, 0.25) is 6.29 Å². The molecule has 2 N–H and O–H groups in total. The van der Waals surface area contributed by atoms with Crippen LogP contribution in [0.5, 0.6) is 0 Å². The Labute approximate surface area is 253 Å². The zero-order chi connectivity index (χ0) is 31.0. The normalized spacial score (nSPS) is 22.4. The Kier molecular flexibility index (Phi) is 6.28. The molecule has 0 aromatic carbocycles. The number of aliphatic imine (C=N–C) groups is 3. The molecule has 1 aromatic heterocycles. The van der Waals surface area contributed by atoms with Gasteiger partial charge < -0.3 is 14.8 Å². The molecule has 7 rings (SSSR count). The number of aromatic amines is 1. The van der Waals surface area contributed by atoms with Gasteiger partial charge in [-0.05, 0) is 74.3 Å². The molecule has 1 fully saturated rings. The van der Waals surface area contributed by atoms with E-state index in [1.165, 1.54) is 7.11 Å². The molecule has 5 aliphatic heterocycles. The number of ether oxygens (including phenoxy) is 1. The Morgan fingerprint density at radius 3 is 2.34 bits per heavy atom. The van der Waals surface area contributed by atoms with Crippen LogP contribution in [0.4, 0.5) is 0 Å². The summed E-state index contributed by atoms with van der Waals surface area (Å²) in [6.07, 6.45) is 12.7. The van der Waals surface area contributed by atoms with Gasteiger partial charge in [0, 0.05) is 38.6 Å². The Morgan fingerprint density at radius 2 is 1.66 bits per heavy atom. The number of hydrogen-bond acceptors (Lipinski definition) is 8. The van der Waals surface area contributed by atoms with Gasteiger partial charge in [-0.15, -0.1) is 0 Å². The second-order valence-corrected chi connectivity index (χ2v) is 11.2. The number of aromatic nitrogens is 1. The molecular weight excluding hydrogens is 556 g/mol. The van der Waals surface area contributed by atoms with Crippen molar-refractivity contribution in [2.24, 2.45) is 20.9 Å². The summed E-state index contributed by atoms with van der Waals surface area (Å²) in [7, 11) is 1.30. The molecule has 0 spiro atoms. The highest BCUT2D eigenvalue weighted by Crippen LogP contribution is 2.47. The van der Waals surface area contributed by atoms with Crippen LogP contribution in [0.15, 0.2) is 114 Å². The molecule has 9 nitrogen and oxygen atoms in total. The highest BCUT2D eigenvalue weighted by molar-refractivity contribution is 6.28. The number of hydrogen-bond donors (Lipinski definition) is 2. The predicted molar refractivity (Wildman–Crippen MR) is 170 cm³/mol. The number of carbonyl (C=O) groups is 1. The largest absolute Gasteiger partial charge is 0.510 e. The number of carbonyl (C=O) groups excluding carboxylic acids is 1. The minimum Gasteiger partial charge on any atom is -0.510 e. The second kappa shape index (κ2) is 9.97. The van der Waals surface area contributed by atoms with Crippen LogP contribution >= 0.6 is 0 Å². The van der Waals surface area contributed by atoms with Gasteiger partial charge in [-0.1, -0.05) is 31.4 Å². The molecule has 1 saturated heterocycles. The fourth-order valence-corrected chi connectivity index (χ4v) is 6.32. The molecule has 0 amide bonds. The van der Waals surface area contributed by atoms with E-state index in [2.05, 4.69) is 18.1 Å². The van der Waals surface area contributed by atoms with Crippen LogP contribution in [0.3, 0.4) is 0 Å². The lowest BCUT2D eigenvalue weighted by Gasteiger charge is -2.14. The van der Waals surface area contributed by atoms with Gasteiger partial charge in [-0.25, -0.2) is 15.0 Å². The van der Waals surface area contributed by atoms with Gasteiger partial charge in [0.25, 0.3) is 0 Å². The van der Waals surface area contributed by atoms with Crippen molar-refractivity contribution in [2.75, 3.05) is 7.11 Å². The maximum Gasteiger partial charge on any atom is 0.321 e. The van der Waals surface area contributed by atoms with Crippen molar-refractivity contribution < 1.29 is 24.4 Å². The van der Waals surface area contributed by atoms with Crippen LogP contribution in [0.2, 0.25) is 0 Å². The van der Waals surface area contributed by atoms with E-state index in [1.54, 1.807) is 12.2 Å². The third-order valence-corrected chi connectivity index (χ3v) is 8.81.